The molecule has 3 heterocycles. The van der Waals surface area contributed by atoms with Crippen LogP contribution in [0.1, 0.15) is 39.5 Å². The first-order valence-corrected chi connectivity index (χ1v) is 12.1. The molecule has 2 aromatic rings. The maximum Gasteiger partial charge on any atom is 0.271 e. The number of hydrogen-bond acceptors (Lipinski definition) is 5. The second-order valence-electron chi connectivity index (χ2n) is 9.48. The number of nitrogens with one attached hydrogen (secondary N) is 2. The smallest absolute Gasteiger partial charge is 0.271 e. The summed E-state index contributed by atoms with van der Waals surface area (Å²) in [6.45, 7) is 7.14. The van der Waals surface area contributed by atoms with E-state index in [0.29, 0.717) is 30.7 Å². The molecule has 1 atom stereocenters. The van der Waals surface area contributed by atoms with Gasteiger partial charge in [0.1, 0.15) is 5.69 Å². The van der Waals surface area contributed by atoms with Gasteiger partial charge in [-0.2, -0.15) is 0 Å². The lowest BCUT2D eigenvalue weighted by Gasteiger charge is -2.40. The number of amides is 1. The predicted molar refractivity (Wildman–Crippen MR) is 132 cm³/mol. The molecule has 0 bridgehead atoms. The summed E-state index contributed by atoms with van der Waals surface area (Å²) in [7, 11) is 0. The Hall–Kier alpha value is -2.93. The van der Waals surface area contributed by atoms with Crippen molar-refractivity contribution < 1.29 is 4.79 Å². The van der Waals surface area contributed by atoms with E-state index in [-0.39, 0.29) is 17.5 Å². The van der Waals surface area contributed by atoms with Crippen LogP contribution in [0.2, 0.25) is 0 Å². The number of piperidine rings is 1. The lowest BCUT2D eigenvalue weighted by Crippen LogP contribution is -2.51. The first-order chi connectivity index (χ1) is 16.0. The van der Waals surface area contributed by atoms with Crippen LogP contribution in [0.5, 0.6) is 0 Å². The lowest BCUT2D eigenvalue weighted by molar-refractivity contribution is -0.127. The van der Waals surface area contributed by atoms with Gasteiger partial charge in [0.05, 0.1) is 0 Å². The Kier molecular flexibility index (Phi) is 7.60. The third-order valence-corrected chi connectivity index (χ3v) is 6.41. The molecule has 1 saturated carbocycles. The number of carbonyl (C=O) groups is 1. The topological polar surface area (TPSA) is 81.3 Å². The number of nitrogens with zero attached hydrogens (tertiary/aromatic N) is 3. The molecule has 0 spiro atoms. The maximum absolute atomic E-state index is 12.9. The lowest BCUT2D eigenvalue weighted by atomic mass is 10.0. The molecule has 0 radical (unpaired) electrons. The minimum atomic E-state index is -0.0726. The van der Waals surface area contributed by atoms with E-state index in [1.165, 1.54) is 12.8 Å². The van der Waals surface area contributed by atoms with Gasteiger partial charge in [0, 0.05) is 68.5 Å². The second-order valence-corrected chi connectivity index (χ2v) is 9.48. The number of anilines is 1. The van der Waals surface area contributed by atoms with Crippen LogP contribution in [0.4, 0.5) is 5.69 Å². The summed E-state index contributed by atoms with van der Waals surface area (Å²) < 4.78 is 0. The van der Waals surface area contributed by atoms with Gasteiger partial charge in [-0.1, -0.05) is 19.9 Å². The van der Waals surface area contributed by atoms with Crippen LogP contribution >= 0.6 is 0 Å². The molecule has 1 aliphatic carbocycles. The molecule has 2 aromatic heterocycles. The third-order valence-electron chi connectivity index (χ3n) is 6.41. The van der Waals surface area contributed by atoms with Crippen molar-refractivity contribution in [1.82, 2.24) is 20.2 Å². The Morgan fingerprint density at radius 1 is 1.27 bits per heavy atom. The monoisotopic (exact) mass is 449 g/mol. The maximum atomic E-state index is 12.9. The van der Waals surface area contributed by atoms with Crippen LogP contribution < -0.4 is 15.8 Å². The number of carbonyl (C=O) groups excluding carboxylic acids is 1. The number of hydrogen-bond donors (Lipinski definition) is 2. The van der Waals surface area contributed by atoms with E-state index in [4.69, 9.17) is 0 Å². The van der Waals surface area contributed by atoms with Crippen LogP contribution in [-0.2, 0) is 4.79 Å². The molecule has 0 aromatic carbocycles. The van der Waals surface area contributed by atoms with Gasteiger partial charge < -0.3 is 20.1 Å². The highest BCUT2D eigenvalue weighted by Gasteiger charge is 2.33. The standard InChI is InChI=1S/C26H35N5O2/c1-19(2)28-11-3-6-25(32)30-14-4-5-23(18-30)31(17-20-7-8-20)24-15-22(16-29-26(24)33)21-9-12-27-13-10-21/h3,6,9-10,12-13,15-16,19-20,23,28H,4-5,7-8,11,14,17-18H2,1-2H3,(H,29,33)/t23-/m1/s1. The molecule has 176 valence electrons. The molecule has 2 aliphatic rings. The summed E-state index contributed by atoms with van der Waals surface area (Å²) in [6, 6.07) is 6.42. The van der Waals surface area contributed by atoms with Crippen molar-refractivity contribution in [2.24, 2.45) is 5.92 Å². The fraction of sp³-hybridized carbons (Fsp3) is 0.500. The molecular formula is C26H35N5O2. The molecular weight excluding hydrogens is 414 g/mol. The van der Waals surface area contributed by atoms with Crippen LogP contribution in [0, 0.1) is 5.92 Å². The molecule has 33 heavy (non-hydrogen) atoms. The Labute approximate surface area is 195 Å². The highest BCUT2D eigenvalue weighted by Crippen LogP contribution is 2.33. The Morgan fingerprint density at radius 2 is 2.06 bits per heavy atom. The molecule has 0 unspecified atom stereocenters. The number of pyridine rings is 2. The molecule has 4 rings (SSSR count). The summed E-state index contributed by atoms with van der Waals surface area (Å²) >= 11 is 0. The summed E-state index contributed by atoms with van der Waals surface area (Å²) in [4.78, 5) is 37.0. The number of likely N-dealkylation sites (tertiary alicyclic amines) is 1. The van der Waals surface area contributed by atoms with Crippen LogP contribution in [0.25, 0.3) is 11.1 Å². The molecule has 2 N–H and O–H groups in total. The van der Waals surface area contributed by atoms with Crippen LogP contribution in [-0.4, -0.2) is 59.0 Å². The van der Waals surface area contributed by atoms with E-state index in [2.05, 4.69) is 34.0 Å². The molecule has 7 heteroatoms. The summed E-state index contributed by atoms with van der Waals surface area (Å²) in [5, 5.41) is 3.30. The van der Waals surface area contributed by atoms with Gasteiger partial charge in [0.25, 0.3) is 5.56 Å². The predicted octanol–water partition coefficient (Wildman–Crippen LogP) is 3.20. The largest absolute Gasteiger partial charge is 0.362 e. The van der Waals surface area contributed by atoms with Crippen molar-refractivity contribution >= 4 is 11.6 Å². The van der Waals surface area contributed by atoms with Crippen molar-refractivity contribution in [1.29, 1.82) is 0 Å². The zero-order chi connectivity index (χ0) is 23.2. The summed E-state index contributed by atoms with van der Waals surface area (Å²) in [6.07, 6.45) is 13.2. The molecule has 1 saturated heterocycles. The number of aromatic amines is 1. The SMILES string of the molecule is CC(C)NCC=CC(=O)N1CCC[C@@H](N(CC2CC2)c2cc(-c3ccncc3)c[nH]c2=O)C1. The van der Waals surface area contributed by atoms with Gasteiger partial charge in [-0.15, -0.1) is 0 Å². The minimum absolute atomic E-state index is 0.0519. The Morgan fingerprint density at radius 3 is 2.79 bits per heavy atom. The quantitative estimate of drug-likeness (QED) is 0.575. The van der Waals surface area contributed by atoms with E-state index in [0.717, 1.165) is 37.1 Å². The van der Waals surface area contributed by atoms with Gasteiger partial charge in [0.15, 0.2) is 0 Å². The average Bonchev–Trinajstić information content (AvgIpc) is 3.65. The van der Waals surface area contributed by atoms with Crippen molar-refractivity contribution in [2.45, 2.75) is 51.6 Å². The third kappa shape index (κ3) is 6.32. The fourth-order valence-electron chi connectivity index (χ4n) is 4.40. The Bertz CT molecular complexity index is 1010. The minimum Gasteiger partial charge on any atom is -0.362 e. The highest BCUT2D eigenvalue weighted by molar-refractivity contribution is 5.87. The van der Waals surface area contributed by atoms with E-state index >= 15 is 0 Å². The molecule has 2 fully saturated rings. The molecule has 1 amide bonds. The molecule has 7 nitrogen and oxygen atoms in total. The van der Waals surface area contributed by atoms with Gasteiger partial charge in [-0.3, -0.25) is 14.6 Å². The van der Waals surface area contributed by atoms with Crippen molar-refractivity contribution in [2.75, 3.05) is 31.1 Å². The number of rotatable bonds is 9. The van der Waals surface area contributed by atoms with Crippen molar-refractivity contribution in [3.8, 4) is 11.1 Å². The number of aromatic nitrogens is 2. The highest BCUT2D eigenvalue weighted by atomic mass is 16.2. The van der Waals surface area contributed by atoms with E-state index in [9.17, 15) is 9.59 Å². The Balaban J connectivity index is 1.53. The first kappa shape index (κ1) is 23.2. The van der Waals surface area contributed by atoms with E-state index < -0.39 is 0 Å². The average molecular weight is 450 g/mol. The van der Waals surface area contributed by atoms with Gasteiger partial charge in [0.2, 0.25) is 5.91 Å². The molecule has 1 aliphatic heterocycles. The zero-order valence-corrected chi connectivity index (χ0v) is 19.7. The van der Waals surface area contributed by atoms with Crippen LogP contribution in [0.3, 0.4) is 0 Å². The number of H-pyrrole nitrogens is 1. The van der Waals surface area contributed by atoms with Crippen molar-refractivity contribution in [3.05, 3.63) is 59.3 Å². The van der Waals surface area contributed by atoms with Crippen molar-refractivity contribution in [3.63, 3.8) is 0 Å². The summed E-state index contributed by atoms with van der Waals surface area (Å²) in [5.74, 6) is 0.679. The van der Waals surface area contributed by atoms with E-state index in [1.54, 1.807) is 24.7 Å². The van der Waals surface area contributed by atoms with Gasteiger partial charge in [-0.05, 0) is 55.4 Å². The zero-order valence-electron chi connectivity index (χ0n) is 19.7. The normalized spacial score (nSPS) is 18.8. The summed E-state index contributed by atoms with van der Waals surface area (Å²) in [5.41, 5.74) is 2.62. The first-order valence-electron chi connectivity index (χ1n) is 12.1. The second kappa shape index (κ2) is 10.8. The van der Waals surface area contributed by atoms with Crippen LogP contribution in [0.15, 0.2) is 53.7 Å². The van der Waals surface area contributed by atoms with Gasteiger partial charge >= 0.3 is 0 Å². The fourth-order valence-corrected chi connectivity index (χ4v) is 4.40. The van der Waals surface area contributed by atoms with Gasteiger partial charge in [-0.25, -0.2) is 0 Å². The van der Waals surface area contributed by atoms with E-state index in [1.807, 2.05) is 29.2 Å².